The first-order valence-electron chi connectivity index (χ1n) is 17.7. The molecule has 2 unspecified atom stereocenters. The second-order valence-electron chi connectivity index (χ2n) is 13.5. The van der Waals surface area contributed by atoms with Gasteiger partial charge in [-0.25, -0.2) is 0 Å². The standard InChI is InChI=1S/C22H19ClN2O5.C17H17ClN2O6/c23-15-8-9-16-17(11-15)24(10-4-7-19(27)28)20(29)22(16)12-18(26)25(21(22)30)13-14-5-2-1-3-6-14;1-2-26-6-5-19-13(21)8-17(15(19)24)11-7-10(18)3-4-12(11)20(16(17)25)9-14(22)23/h1-3,5-6,8-9,11H,4,7,10,12-13H2,(H,27,28);3-4,7H,2,5-6,8-9H2,1H3,(H,22,23). The van der Waals surface area contributed by atoms with E-state index in [1.807, 2.05) is 30.3 Å². The fourth-order valence-electron chi connectivity index (χ4n) is 7.68. The lowest BCUT2D eigenvalue weighted by atomic mass is 9.80. The fraction of sp³-hybridized carbons (Fsp3) is 0.333. The van der Waals surface area contributed by atoms with Crippen LogP contribution in [0.1, 0.15) is 49.3 Å². The smallest absolute Gasteiger partial charge is 0.323 e. The van der Waals surface area contributed by atoms with E-state index in [1.54, 1.807) is 25.1 Å². The third-order valence-electron chi connectivity index (χ3n) is 10.2. The minimum atomic E-state index is -1.75. The molecule has 2 fully saturated rings. The van der Waals surface area contributed by atoms with Crippen molar-refractivity contribution in [1.82, 2.24) is 9.80 Å². The van der Waals surface area contributed by atoms with Gasteiger partial charge in [0.1, 0.15) is 6.54 Å². The SMILES string of the molecule is CCOCCN1C(=O)CC2(C1=O)C(=O)N(CC(=O)O)c1ccc(Cl)cc12.O=C(O)CCCN1C(=O)C2(CC(=O)N(Cc3ccccc3)C2=O)c2ccc(Cl)cc21. The number of carboxylic acids is 2. The molecule has 4 aliphatic rings. The van der Waals surface area contributed by atoms with E-state index < -0.39 is 64.8 Å². The molecule has 3 aromatic rings. The average Bonchev–Trinajstić information content (AvgIpc) is 3.73. The van der Waals surface area contributed by atoms with Crippen LogP contribution >= 0.6 is 23.2 Å². The Morgan fingerprint density at radius 3 is 1.93 bits per heavy atom. The molecule has 0 radical (unpaired) electrons. The number of amides is 6. The van der Waals surface area contributed by atoms with Crippen LogP contribution in [-0.2, 0) is 60.5 Å². The van der Waals surface area contributed by atoms with Crippen molar-refractivity contribution in [2.45, 2.75) is 50.0 Å². The topological polar surface area (TPSA) is 199 Å². The Morgan fingerprint density at radius 2 is 1.27 bits per heavy atom. The molecule has 3 aromatic carbocycles. The highest BCUT2D eigenvalue weighted by molar-refractivity contribution is 6.34. The van der Waals surface area contributed by atoms with E-state index in [1.165, 1.54) is 23.1 Å². The largest absolute Gasteiger partial charge is 0.481 e. The maximum absolute atomic E-state index is 13.5. The zero-order valence-corrected chi connectivity index (χ0v) is 31.5. The number of anilines is 2. The molecule has 2 N–H and O–H groups in total. The second kappa shape index (κ2) is 15.8. The Bertz CT molecular complexity index is 2170. The number of aliphatic carboxylic acids is 2. The van der Waals surface area contributed by atoms with E-state index in [0.29, 0.717) is 27.9 Å². The molecule has 0 saturated carbocycles. The predicted octanol–water partition coefficient (Wildman–Crippen LogP) is 3.55. The molecule has 2 saturated heterocycles. The Labute approximate surface area is 330 Å². The number of likely N-dealkylation sites (tertiary alicyclic amines) is 2. The molecule has 2 atom stereocenters. The quantitative estimate of drug-likeness (QED) is 0.154. The van der Waals surface area contributed by atoms with Crippen molar-refractivity contribution >= 4 is 82.0 Å². The van der Waals surface area contributed by atoms with E-state index >= 15 is 0 Å². The van der Waals surface area contributed by atoms with Crippen molar-refractivity contribution in [2.24, 2.45) is 0 Å². The molecule has 17 heteroatoms. The number of carbonyl (C=O) groups is 8. The summed E-state index contributed by atoms with van der Waals surface area (Å²) in [6, 6.07) is 18.4. The third-order valence-corrected chi connectivity index (χ3v) is 10.7. The van der Waals surface area contributed by atoms with Crippen LogP contribution in [-0.4, -0.2) is 100 Å². The van der Waals surface area contributed by atoms with Gasteiger partial charge in [0.15, 0.2) is 10.8 Å². The highest BCUT2D eigenvalue weighted by atomic mass is 35.5. The van der Waals surface area contributed by atoms with Crippen LogP contribution in [0, 0.1) is 0 Å². The first-order valence-corrected chi connectivity index (χ1v) is 18.4. The first-order chi connectivity index (χ1) is 26.7. The van der Waals surface area contributed by atoms with Gasteiger partial charge in [-0.2, -0.15) is 0 Å². The van der Waals surface area contributed by atoms with Gasteiger partial charge in [-0.1, -0.05) is 59.6 Å². The van der Waals surface area contributed by atoms with Crippen molar-refractivity contribution in [1.29, 1.82) is 0 Å². The minimum Gasteiger partial charge on any atom is -0.481 e. The van der Waals surface area contributed by atoms with Crippen LogP contribution in [0.15, 0.2) is 66.7 Å². The number of benzene rings is 3. The Kier molecular flexibility index (Phi) is 11.3. The average molecular weight is 808 g/mol. The number of imide groups is 2. The third kappa shape index (κ3) is 6.90. The molecule has 6 amide bonds. The van der Waals surface area contributed by atoms with Crippen molar-refractivity contribution in [2.75, 3.05) is 42.6 Å². The molecular formula is C39H36Cl2N4O11. The summed E-state index contributed by atoms with van der Waals surface area (Å²) in [4.78, 5) is 105. The zero-order valence-electron chi connectivity index (χ0n) is 30.0. The Morgan fingerprint density at radius 1 is 0.679 bits per heavy atom. The summed E-state index contributed by atoms with van der Waals surface area (Å²) in [7, 11) is 0. The van der Waals surface area contributed by atoms with E-state index in [9.17, 15) is 38.4 Å². The zero-order chi connectivity index (χ0) is 40.5. The van der Waals surface area contributed by atoms with Gasteiger partial charge >= 0.3 is 11.9 Å². The van der Waals surface area contributed by atoms with Gasteiger partial charge in [0.05, 0.1) is 32.5 Å². The van der Waals surface area contributed by atoms with Crippen LogP contribution in [0.3, 0.4) is 0 Å². The predicted molar refractivity (Wildman–Crippen MR) is 200 cm³/mol. The number of rotatable bonds is 12. The van der Waals surface area contributed by atoms with Gasteiger partial charge in [0, 0.05) is 52.1 Å². The summed E-state index contributed by atoms with van der Waals surface area (Å²) in [5.41, 5.74) is -1.12. The van der Waals surface area contributed by atoms with Crippen LogP contribution in [0.4, 0.5) is 11.4 Å². The number of carboxylic acid groups (broad SMARTS) is 2. The maximum atomic E-state index is 13.5. The van der Waals surface area contributed by atoms with Crippen molar-refractivity contribution in [3.05, 3.63) is 93.5 Å². The van der Waals surface area contributed by atoms with E-state index in [0.717, 1.165) is 20.3 Å². The highest BCUT2D eigenvalue weighted by Gasteiger charge is 2.65. The number of ether oxygens (including phenoxy) is 1. The van der Waals surface area contributed by atoms with Gasteiger partial charge in [-0.05, 0) is 49.2 Å². The maximum Gasteiger partial charge on any atom is 0.323 e. The lowest BCUT2D eigenvalue weighted by Gasteiger charge is -2.22. The molecule has 7 rings (SSSR count). The van der Waals surface area contributed by atoms with Crippen molar-refractivity contribution < 1.29 is 53.3 Å². The molecule has 2 spiro atoms. The number of nitrogens with zero attached hydrogens (tertiary/aromatic N) is 4. The summed E-state index contributed by atoms with van der Waals surface area (Å²) in [5, 5.41) is 18.7. The normalized spacial score (nSPS) is 21.1. The summed E-state index contributed by atoms with van der Waals surface area (Å²) < 4.78 is 5.19. The monoisotopic (exact) mass is 806 g/mol. The van der Waals surface area contributed by atoms with E-state index in [4.69, 9.17) is 38.2 Å². The number of fused-ring (bicyclic) bond motifs is 4. The molecular weight excluding hydrogens is 771 g/mol. The summed E-state index contributed by atoms with van der Waals surface area (Å²) in [6.45, 7) is 2.04. The molecule has 0 bridgehead atoms. The summed E-state index contributed by atoms with van der Waals surface area (Å²) in [6.07, 6.45) is -0.486. The Hall–Kier alpha value is -5.64. The van der Waals surface area contributed by atoms with Gasteiger partial charge < -0.3 is 19.8 Å². The minimum absolute atomic E-state index is 0.0371. The van der Waals surface area contributed by atoms with Crippen LogP contribution < -0.4 is 9.80 Å². The summed E-state index contributed by atoms with van der Waals surface area (Å²) >= 11 is 12.2. The molecule has 4 heterocycles. The number of halogens is 2. The van der Waals surface area contributed by atoms with Gasteiger partial charge in [0.2, 0.25) is 35.4 Å². The number of hydrogen-bond donors (Lipinski definition) is 2. The van der Waals surface area contributed by atoms with Crippen LogP contribution in [0.25, 0.3) is 0 Å². The van der Waals surface area contributed by atoms with Crippen LogP contribution in [0.2, 0.25) is 10.0 Å². The van der Waals surface area contributed by atoms with E-state index in [-0.39, 0.29) is 63.2 Å². The van der Waals surface area contributed by atoms with Gasteiger partial charge in [-0.15, -0.1) is 0 Å². The lowest BCUT2D eigenvalue weighted by Crippen LogP contribution is -2.48. The Balaban J connectivity index is 0.000000192. The van der Waals surface area contributed by atoms with Gasteiger partial charge in [-0.3, -0.25) is 53.1 Å². The van der Waals surface area contributed by atoms with Crippen LogP contribution in [0.5, 0.6) is 0 Å². The molecule has 0 aliphatic carbocycles. The molecule has 56 heavy (non-hydrogen) atoms. The molecule has 0 aromatic heterocycles. The lowest BCUT2D eigenvalue weighted by molar-refractivity contribution is -0.144. The van der Waals surface area contributed by atoms with Crippen molar-refractivity contribution in [3.63, 3.8) is 0 Å². The van der Waals surface area contributed by atoms with Crippen molar-refractivity contribution in [3.8, 4) is 0 Å². The van der Waals surface area contributed by atoms with E-state index in [2.05, 4.69) is 0 Å². The second-order valence-corrected chi connectivity index (χ2v) is 14.4. The molecule has 292 valence electrons. The summed E-state index contributed by atoms with van der Waals surface area (Å²) in [5.74, 6) is -5.52. The highest BCUT2D eigenvalue weighted by Crippen LogP contribution is 2.51. The number of carbonyl (C=O) groups excluding carboxylic acids is 6. The molecule has 4 aliphatic heterocycles. The number of hydrogen-bond acceptors (Lipinski definition) is 9. The fourth-order valence-corrected chi connectivity index (χ4v) is 8.02. The van der Waals surface area contributed by atoms with Gasteiger partial charge in [0.25, 0.3) is 0 Å². The molecule has 15 nitrogen and oxygen atoms in total. The first kappa shape index (κ1) is 40.0.